The highest BCUT2D eigenvalue weighted by Crippen LogP contribution is 2.29. The minimum Gasteiger partial charge on any atom is -0.312 e. The van der Waals surface area contributed by atoms with Crippen LogP contribution in [-0.2, 0) is 0 Å². The van der Waals surface area contributed by atoms with Crippen molar-refractivity contribution in [2.24, 2.45) is 5.92 Å². The van der Waals surface area contributed by atoms with Crippen molar-refractivity contribution in [1.82, 2.24) is 5.32 Å². The highest BCUT2D eigenvalue weighted by molar-refractivity contribution is 4.84. The predicted molar refractivity (Wildman–Crippen MR) is 45.1 cm³/mol. The molecule has 1 heteroatoms. The Kier molecular flexibility index (Phi) is 2.72. The molecule has 0 aliphatic heterocycles. The first-order valence-electron chi connectivity index (χ1n) is 4.48. The van der Waals surface area contributed by atoms with E-state index >= 15 is 0 Å². The van der Waals surface area contributed by atoms with Gasteiger partial charge in [0.15, 0.2) is 0 Å². The molecule has 0 radical (unpaired) electrons. The summed E-state index contributed by atoms with van der Waals surface area (Å²) >= 11 is 0. The fourth-order valence-electron chi connectivity index (χ4n) is 1.68. The molecule has 0 aromatic heterocycles. The average Bonchev–Trinajstić information content (AvgIpc) is 1.76. The van der Waals surface area contributed by atoms with Gasteiger partial charge in [0.2, 0.25) is 0 Å². The van der Waals surface area contributed by atoms with E-state index in [1.165, 1.54) is 19.3 Å². The standard InChI is InChI=1S/C9H19N/c1-4-8-5-9(6-8)10-7(2)3/h7-10H,4-6H2,1-3H3/t8-,9-. The molecule has 1 aliphatic rings. The van der Waals surface area contributed by atoms with Gasteiger partial charge in [0.1, 0.15) is 0 Å². The second-order valence-electron chi connectivity index (χ2n) is 3.76. The van der Waals surface area contributed by atoms with Gasteiger partial charge in [-0.05, 0) is 18.8 Å². The molecule has 1 N–H and O–H groups in total. The molecular weight excluding hydrogens is 122 g/mol. The van der Waals surface area contributed by atoms with Gasteiger partial charge in [-0.1, -0.05) is 27.2 Å². The Hall–Kier alpha value is -0.0400. The minimum atomic E-state index is 0.669. The summed E-state index contributed by atoms with van der Waals surface area (Å²) in [4.78, 5) is 0. The van der Waals surface area contributed by atoms with E-state index in [4.69, 9.17) is 0 Å². The molecule has 1 rings (SSSR count). The first-order valence-corrected chi connectivity index (χ1v) is 4.48. The second kappa shape index (κ2) is 3.38. The van der Waals surface area contributed by atoms with E-state index in [2.05, 4.69) is 26.1 Å². The molecule has 1 aliphatic carbocycles. The molecule has 1 nitrogen and oxygen atoms in total. The van der Waals surface area contributed by atoms with Crippen LogP contribution in [0.2, 0.25) is 0 Å². The van der Waals surface area contributed by atoms with Crippen LogP contribution in [0.25, 0.3) is 0 Å². The Bertz CT molecular complexity index is 92.9. The van der Waals surface area contributed by atoms with Crippen LogP contribution in [0.1, 0.15) is 40.0 Å². The zero-order valence-electron chi connectivity index (χ0n) is 7.35. The van der Waals surface area contributed by atoms with E-state index in [0.717, 1.165) is 12.0 Å². The van der Waals surface area contributed by atoms with Crippen molar-refractivity contribution in [2.45, 2.75) is 52.1 Å². The Labute approximate surface area is 64.2 Å². The maximum atomic E-state index is 3.54. The fourth-order valence-corrected chi connectivity index (χ4v) is 1.68. The van der Waals surface area contributed by atoms with Crippen molar-refractivity contribution in [2.75, 3.05) is 0 Å². The van der Waals surface area contributed by atoms with Gasteiger partial charge < -0.3 is 5.32 Å². The number of nitrogens with one attached hydrogen (secondary N) is 1. The SMILES string of the molecule is CC[C@H]1C[C@H](NC(C)C)C1. The molecule has 0 bridgehead atoms. The molecule has 0 saturated heterocycles. The first kappa shape index (κ1) is 8.06. The van der Waals surface area contributed by atoms with Crippen molar-refractivity contribution < 1.29 is 0 Å². The number of hydrogen-bond acceptors (Lipinski definition) is 1. The third kappa shape index (κ3) is 1.98. The lowest BCUT2D eigenvalue weighted by Gasteiger charge is -2.36. The smallest absolute Gasteiger partial charge is 0.00747 e. The maximum absolute atomic E-state index is 3.54. The molecule has 0 heterocycles. The van der Waals surface area contributed by atoms with Gasteiger partial charge >= 0.3 is 0 Å². The summed E-state index contributed by atoms with van der Waals surface area (Å²) < 4.78 is 0. The summed E-state index contributed by atoms with van der Waals surface area (Å²) in [6.07, 6.45) is 4.19. The van der Waals surface area contributed by atoms with Gasteiger partial charge in [-0.25, -0.2) is 0 Å². The van der Waals surface area contributed by atoms with Crippen molar-refractivity contribution in [3.05, 3.63) is 0 Å². The van der Waals surface area contributed by atoms with Gasteiger partial charge in [0.05, 0.1) is 0 Å². The molecule has 1 saturated carbocycles. The normalized spacial score (nSPS) is 32.4. The van der Waals surface area contributed by atoms with Gasteiger partial charge in [0.25, 0.3) is 0 Å². The molecule has 1 fully saturated rings. The summed E-state index contributed by atoms with van der Waals surface area (Å²) in [5.41, 5.74) is 0. The van der Waals surface area contributed by atoms with Crippen molar-refractivity contribution >= 4 is 0 Å². The molecule has 0 unspecified atom stereocenters. The lowest BCUT2D eigenvalue weighted by Crippen LogP contribution is -2.44. The molecule has 0 atom stereocenters. The molecule has 10 heavy (non-hydrogen) atoms. The lowest BCUT2D eigenvalue weighted by molar-refractivity contribution is 0.206. The van der Waals surface area contributed by atoms with Crippen LogP contribution in [0.15, 0.2) is 0 Å². The van der Waals surface area contributed by atoms with E-state index < -0.39 is 0 Å². The average molecular weight is 141 g/mol. The van der Waals surface area contributed by atoms with Crippen LogP contribution in [0.5, 0.6) is 0 Å². The predicted octanol–water partition coefficient (Wildman–Crippen LogP) is 2.17. The quantitative estimate of drug-likeness (QED) is 0.635. The minimum absolute atomic E-state index is 0.669. The first-order chi connectivity index (χ1) is 4.72. The van der Waals surface area contributed by atoms with Crippen LogP contribution in [0.3, 0.4) is 0 Å². The van der Waals surface area contributed by atoms with Gasteiger partial charge in [-0.3, -0.25) is 0 Å². The molecule has 0 amide bonds. The molecule has 0 spiro atoms. The van der Waals surface area contributed by atoms with Crippen LogP contribution in [-0.4, -0.2) is 12.1 Å². The van der Waals surface area contributed by atoms with E-state index in [-0.39, 0.29) is 0 Å². The Morgan fingerprint density at radius 1 is 1.40 bits per heavy atom. The second-order valence-corrected chi connectivity index (χ2v) is 3.76. The third-order valence-electron chi connectivity index (χ3n) is 2.38. The monoisotopic (exact) mass is 141 g/mol. The van der Waals surface area contributed by atoms with E-state index in [9.17, 15) is 0 Å². The third-order valence-corrected chi connectivity index (χ3v) is 2.38. The zero-order valence-corrected chi connectivity index (χ0v) is 7.35. The Morgan fingerprint density at radius 3 is 2.40 bits per heavy atom. The van der Waals surface area contributed by atoms with Crippen LogP contribution in [0, 0.1) is 5.92 Å². The molecule has 60 valence electrons. The van der Waals surface area contributed by atoms with Crippen LogP contribution in [0.4, 0.5) is 0 Å². The van der Waals surface area contributed by atoms with Crippen molar-refractivity contribution in [3.63, 3.8) is 0 Å². The maximum Gasteiger partial charge on any atom is 0.00747 e. The lowest BCUT2D eigenvalue weighted by atomic mass is 9.78. The Balaban J connectivity index is 2.03. The summed E-state index contributed by atoms with van der Waals surface area (Å²) in [7, 11) is 0. The van der Waals surface area contributed by atoms with E-state index in [1.807, 2.05) is 0 Å². The van der Waals surface area contributed by atoms with Gasteiger partial charge in [-0.2, -0.15) is 0 Å². The highest BCUT2D eigenvalue weighted by atomic mass is 15.0. The summed E-state index contributed by atoms with van der Waals surface area (Å²) in [5.74, 6) is 1.02. The van der Waals surface area contributed by atoms with Crippen LogP contribution < -0.4 is 5.32 Å². The highest BCUT2D eigenvalue weighted by Gasteiger charge is 2.27. The van der Waals surface area contributed by atoms with E-state index in [1.54, 1.807) is 0 Å². The summed E-state index contributed by atoms with van der Waals surface area (Å²) in [6, 6.07) is 1.51. The van der Waals surface area contributed by atoms with Crippen molar-refractivity contribution in [1.29, 1.82) is 0 Å². The van der Waals surface area contributed by atoms with Gasteiger partial charge in [0, 0.05) is 12.1 Å². The van der Waals surface area contributed by atoms with Crippen LogP contribution >= 0.6 is 0 Å². The number of hydrogen-bond donors (Lipinski definition) is 1. The molecule has 0 aromatic carbocycles. The number of rotatable bonds is 3. The van der Waals surface area contributed by atoms with Crippen molar-refractivity contribution in [3.8, 4) is 0 Å². The van der Waals surface area contributed by atoms with Gasteiger partial charge in [-0.15, -0.1) is 0 Å². The topological polar surface area (TPSA) is 12.0 Å². The van der Waals surface area contributed by atoms with E-state index in [0.29, 0.717) is 6.04 Å². The molecule has 0 aromatic rings. The Morgan fingerprint density at radius 2 is 2.00 bits per heavy atom. The zero-order chi connectivity index (χ0) is 7.56. The largest absolute Gasteiger partial charge is 0.312 e. The fraction of sp³-hybridized carbons (Fsp3) is 1.00. The summed E-state index contributed by atoms with van der Waals surface area (Å²) in [5, 5.41) is 3.54. The molecular formula is C9H19N. The summed E-state index contributed by atoms with van der Waals surface area (Å²) in [6.45, 7) is 6.73.